The van der Waals surface area contributed by atoms with Crippen LogP contribution in [-0.2, 0) is 14.3 Å². The number of aromatic nitrogens is 1. The largest absolute Gasteiger partial charge is 0.454 e. The fourth-order valence-corrected chi connectivity index (χ4v) is 7.18. The summed E-state index contributed by atoms with van der Waals surface area (Å²) in [5.41, 5.74) is 1.88. The molecule has 1 saturated heterocycles. The van der Waals surface area contributed by atoms with Gasteiger partial charge in [0.1, 0.15) is 0 Å². The number of imide groups is 1. The van der Waals surface area contributed by atoms with Gasteiger partial charge < -0.3 is 4.74 Å². The number of carbonyl (C=O) groups excluding carboxylic acids is 4. The lowest BCUT2D eigenvalue weighted by Gasteiger charge is -2.29. The third-order valence-corrected chi connectivity index (χ3v) is 11.1. The highest BCUT2D eigenvalue weighted by molar-refractivity contribution is 9.12. The van der Waals surface area contributed by atoms with E-state index >= 15 is 0 Å². The first-order valence-electron chi connectivity index (χ1n) is 13.8. The van der Waals surface area contributed by atoms with Gasteiger partial charge in [0.2, 0.25) is 11.8 Å². The Morgan fingerprint density at radius 2 is 1.58 bits per heavy atom. The van der Waals surface area contributed by atoms with Crippen LogP contribution < -0.4 is 4.90 Å². The zero-order valence-corrected chi connectivity index (χ0v) is 27.1. The molecule has 6 rings (SSSR count). The lowest BCUT2D eigenvalue weighted by atomic mass is 9.81. The summed E-state index contributed by atoms with van der Waals surface area (Å²) in [6.45, 7) is -0.587. The average Bonchev–Trinajstić information content (AvgIpc) is 3.27. The number of anilines is 1. The molecule has 4 unspecified atom stereocenters. The lowest BCUT2D eigenvalue weighted by molar-refractivity contribution is -0.384. The number of rotatable bonds is 7. The predicted octanol–water partition coefficient (Wildman–Crippen LogP) is 6.93. The Morgan fingerprint density at radius 3 is 2.18 bits per heavy atom. The van der Waals surface area contributed by atoms with Crippen LogP contribution in [0.3, 0.4) is 0 Å². The van der Waals surface area contributed by atoms with E-state index in [1.807, 2.05) is 0 Å². The fourth-order valence-electron chi connectivity index (χ4n) is 5.72. The molecule has 1 aliphatic carbocycles. The van der Waals surface area contributed by atoms with Gasteiger partial charge in [0.05, 0.1) is 44.2 Å². The number of esters is 1. The quantitative estimate of drug-likeness (QED) is 0.0495. The van der Waals surface area contributed by atoms with Crippen LogP contribution in [0.15, 0.2) is 72.8 Å². The number of benzene rings is 3. The lowest BCUT2D eigenvalue weighted by Crippen LogP contribution is -2.34. The number of carbonyl (C=O) groups is 4. The highest BCUT2D eigenvalue weighted by Gasteiger charge is 2.52. The van der Waals surface area contributed by atoms with E-state index < -0.39 is 23.3 Å². The number of fused-ring (bicyclic) bond motifs is 2. The van der Waals surface area contributed by atoms with E-state index in [1.165, 1.54) is 35.2 Å². The molecule has 0 radical (unpaired) electrons. The molecular weight excluding hydrogens is 734 g/mol. The third-order valence-electron chi connectivity index (χ3n) is 8.08. The molecule has 2 amide bonds. The van der Waals surface area contributed by atoms with E-state index in [1.54, 1.807) is 42.5 Å². The number of pyridine rings is 1. The van der Waals surface area contributed by atoms with Gasteiger partial charge in [0.25, 0.3) is 5.69 Å². The summed E-state index contributed by atoms with van der Waals surface area (Å²) >= 11 is 13.7. The molecule has 228 valence electrons. The van der Waals surface area contributed by atoms with Crippen molar-refractivity contribution in [1.82, 2.24) is 4.98 Å². The van der Waals surface area contributed by atoms with Gasteiger partial charge in [-0.15, -0.1) is 0 Å². The number of nitro benzene ring substituents is 1. The Labute approximate surface area is 278 Å². The Kier molecular flexibility index (Phi) is 8.55. The number of nitro groups is 1. The second kappa shape index (κ2) is 12.4. The number of ether oxygens (including phenoxy) is 1. The minimum atomic E-state index is -0.788. The number of para-hydroxylation sites is 1. The summed E-state index contributed by atoms with van der Waals surface area (Å²) in [6, 6.07) is 18.2. The number of alkyl halides is 2. The van der Waals surface area contributed by atoms with Crippen molar-refractivity contribution in [3.63, 3.8) is 0 Å². The van der Waals surface area contributed by atoms with Gasteiger partial charge in [-0.1, -0.05) is 67.7 Å². The average molecular weight is 756 g/mol. The van der Waals surface area contributed by atoms with Gasteiger partial charge in [0, 0.05) is 38.3 Å². The number of non-ortho nitro benzene ring substituents is 1. The molecule has 1 aromatic heterocycles. The van der Waals surface area contributed by atoms with Crippen molar-refractivity contribution in [3.05, 3.63) is 99.1 Å². The standard InChI is InChI=1S/C32H22Br2ClN3O7/c33-24-12-21-22(13-25(24)34)31(41)37(30(21)40)18-8-4-16(5-9-18)27-14-23(20-2-1-3-26(35)29(20)36-27)32(42)45-15-28(39)17-6-10-19(11-7-17)38(43)44/h1-11,14,21-22,24-25H,12-13,15H2. The highest BCUT2D eigenvalue weighted by atomic mass is 79.9. The van der Waals surface area contributed by atoms with E-state index in [9.17, 15) is 29.3 Å². The van der Waals surface area contributed by atoms with Gasteiger partial charge >= 0.3 is 5.97 Å². The zero-order valence-electron chi connectivity index (χ0n) is 23.2. The SMILES string of the molecule is O=C(COC(=O)c1cc(-c2ccc(N3C(=O)C4CC(Br)C(Br)CC4C3=O)cc2)nc2c(Cl)cccc12)c1ccc([N+](=O)[O-])cc1. The maximum absolute atomic E-state index is 13.3. The van der Waals surface area contributed by atoms with Gasteiger partial charge in [-0.2, -0.15) is 0 Å². The van der Waals surface area contributed by atoms with E-state index in [0.29, 0.717) is 45.7 Å². The molecule has 0 spiro atoms. The minimum absolute atomic E-state index is 0.102. The summed E-state index contributed by atoms with van der Waals surface area (Å²) in [5.74, 6) is -2.50. The molecule has 2 fully saturated rings. The molecule has 4 atom stereocenters. The molecule has 4 aromatic rings. The Bertz CT molecular complexity index is 1860. The van der Waals surface area contributed by atoms with Crippen molar-refractivity contribution in [3.8, 4) is 11.3 Å². The van der Waals surface area contributed by atoms with Crippen molar-refractivity contribution < 1.29 is 28.8 Å². The van der Waals surface area contributed by atoms with Crippen LogP contribution in [0.2, 0.25) is 5.02 Å². The summed E-state index contributed by atoms with van der Waals surface area (Å²) in [7, 11) is 0. The first-order chi connectivity index (χ1) is 21.5. The summed E-state index contributed by atoms with van der Waals surface area (Å²) in [5, 5.41) is 11.6. The number of amides is 2. The monoisotopic (exact) mass is 753 g/mol. The van der Waals surface area contributed by atoms with Crippen LogP contribution in [0.25, 0.3) is 22.2 Å². The van der Waals surface area contributed by atoms with Crippen molar-refractivity contribution >= 4 is 89.3 Å². The van der Waals surface area contributed by atoms with Gasteiger partial charge in [-0.25, -0.2) is 9.78 Å². The normalized spacial score (nSPS) is 21.1. The van der Waals surface area contributed by atoms with E-state index in [4.69, 9.17) is 16.3 Å². The molecule has 13 heteroatoms. The minimum Gasteiger partial charge on any atom is -0.454 e. The molecule has 2 aliphatic rings. The molecule has 45 heavy (non-hydrogen) atoms. The van der Waals surface area contributed by atoms with Crippen molar-refractivity contribution in [2.45, 2.75) is 22.5 Å². The van der Waals surface area contributed by atoms with Crippen LogP contribution >= 0.6 is 43.5 Å². The zero-order chi connectivity index (χ0) is 32.0. The molecule has 10 nitrogen and oxygen atoms in total. The fraction of sp³-hybridized carbons (Fsp3) is 0.219. The molecular formula is C32H22Br2ClN3O7. The number of Topliss-reactive ketones (excluding diaryl/α,β-unsaturated/α-hetero) is 1. The van der Waals surface area contributed by atoms with E-state index in [2.05, 4.69) is 36.8 Å². The predicted molar refractivity (Wildman–Crippen MR) is 174 cm³/mol. The summed E-state index contributed by atoms with van der Waals surface area (Å²) in [6.07, 6.45) is 1.14. The van der Waals surface area contributed by atoms with Crippen molar-refractivity contribution in [2.24, 2.45) is 11.8 Å². The maximum Gasteiger partial charge on any atom is 0.339 e. The first kappa shape index (κ1) is 31.0. The van der Waals surface area contributed by atoms with Crippen molar-refractivity contribution in [2.75, 3.05) is 11.5 Å². The van der Waals surface area contributed by atoms with Crippen molar-refractivity contribution in [1.29, 1.82) is 0 Å². The number of hydrogen-bond donors (Lipinski definition) is 0. The van der Waals surface area contributed by atoms with Gasteiger partial charge in [0.15, 0.2) is 12.4 Å². The molecule has 3 aromatic carbocycles. The number of hydrogen-bond acceptors (Lipinski definition) is 8. The molecule has 1 aliphatic heterocycles. The molecule has 0 bridgehead atoms. The van der Waals surface area contributed by atoms with Crippen LogP contribution in [0, 0.1) is 22.0 Å². The summed E-state index contributed by atoms with van der Waals surface area (Å²) < 4.78 is 5.35. The third kappa shape index (κ3) is 5.89. The maximum atomic E-state index is 13.3. The first-order valence-corrected chi connectivity index (χ1v) is 16.0. The van der Waals surface area contributed by atoms with E-state index in [-0.39, 0.29) is 50.1 Å². The Balaban J connectivity index is 1.26. The molecule has 1 saturated carbocycles. The number of ketones is 1. The Morgan fingerprint density at radius 1 is 0.956 bits per heavy atom. The molecule has 0 N–H and O–H groups in total. The van der Waals surface area contributed by atoms with Crippen LogP contribution in [-0.4, -0.2) is 49.7 Å². The second-order valence-corrected chi connectivity index (χ2v) is 13.5. The van der Waals surface area contributed by atoms with Gasteiger partial charge in [-0.3, -0.25) is 29.4 Å². The topological polar surface area (TPSA) is 137 Å². The highest BCUT2D eigenvalue weighted by Crippen LogP contribution is 2.44. The molecule has 2 heterocycles. The van der Waals surface area contributed by atoms with E-state index in [0.717, 1.165) is 0 Å². The summed E-state index contributed by atoms with van der Waals surface area (Å²) in [4.78, 5) is 68.8. The second-order valence-electron chi connectivity index (χ2n) is 10.8. The Hall–Kier alpha value is -4.00. The van der Waals surface area contributed by atoms with Crippen LogP contribution in [0.4, 0.5) is 11.4 Å². The van der Waals surface area contributed by atoms with Gasteiger partial charge in [-0.05, 0) is 49.2 Å². The van der Waals surface area contributed by atoms with Crippen LogP contribution in [0.1, 0.15) is 33.6 Å². The number of halogens is 3. The van der Waals surface area contributed by atoms with Crippen LogP contribution in [0.5, 0.6) is 0 Å². The smallest absolute Gasteiger partial charge is 0.339 e. The number of nitrogens with zero attached hydrogens (tertiary/aromatic N) is 3.